The Bertz CT molecular complexity index is 459. The minimum absolute atomic E-state index is 0.00666. The van der Waals surface area contributed by atoms with Crippen molar-refractivity contribution in [3.05, 3.63) is 34.2 Å². The molecule has 1 N–H and O–H groups in total. The van der Waals surface area contributed by atoms with Crippen molar-refractivity contribution in [1.29, 1.82) is 0 Å². The van der Waals surface area contributed by atoms with E-state index in [0.717, 1.165) is 18.1 Å². The van der Waals surface area contributed by atoms with Crippen LogP contribution < -0.4 is 10.9 Å². The average molecular weight is 288 g/mol. The first kappa shape index (κ1) is 15.1. The van der Waals surface area contributed by atoms with Gasteiger partial charge in [-0.15, -0.1) is 6.58 Å². The number of thioether (sulfide) groups is 1. The molecule has 0 aromatic carbocycles. The number of hydrogen-bond acceptors (Lipinski definition) is 4. The summed E-state index contributed by atoms with van der Waals surface area (Å²) in [5.41, 5.74) is 0.341. The Morgan fingerprint density at radius 1 is 1.67 bits per heavy atom. The van der Waals surface area contributed by atoms with Crippen LogP contribution in [0.5, 0.6) is 0 Å². The third-order valence-electron chi connectivity index (χ3n) is 2.23. The highest BCUT2D eigenvalue weighted by Crippen LogP contribution is 2.16. The summed E-state index contributed by atoms with van der Waals surface area (Å²) in [6, 6.07) is 0.00666. The standard InChI is InChI=1S/C12H18ClN3OS/c1-4-6-18-7-5-14-10-8-15-16(9(2)3)12(17)11(10)13/h4,8-9,14H,1,5-7H2,2-3H3. The molecule has 0 spiro atoms. The fourth-order valence-electron chi connectivity index (χ4n) is 1.36. The summed E-state index contributed by atoms with van der Waals surface area (Å²) in [6.45, 7) is 8.18. The van der Waals surface area contributed by atoms with Crippen molar-refractivity contribution >= 4 is 29.1 Å². The van der Waals surface area contributed by atoms with Crippen molar-refractivity contribution < 1.29 is 0 Å². The molecule has 18 heavy (non-hydrogen) atoms. The van der Waals surface area contributed by atoms with Crippen LogP contribution in [0.2, 0.25) is 5.02 Å². The lowest BCUT2D eigenvalue weighted by atomic mass is 10.4. The fraction of sp³-hybridized carbons (Fsp3) is 0.500. The van der Waals surface area contributed by atoms with Gasteiger partial charge in [-0.25, -0.2) is 4.68 Å². The Kier molecular flexibility index (Phi) is 6.29. The van der Waals surface area contributed by atoms with Gasteiger partial charge in [0, 0.05) is 18.1 Å². The highest BCUT2D eigenvalue weighted by molar-refractivity contribution is 7.99. The van der Waals surface area contributed by atoms with Gasteiger partial charge in [0.15, 0.2) is 0 Å². The summed E-state index contributed by atoms with van der Waals surface area (Å²) < 4.78 is 1.37. The molecular weight excluding hydrogens is 270 g/mol. The second-order valence-corrected chi connectivity index (χ2v) is 5.53. The number of nitrogens with zero attached hydrogens (tertiary/aromatic N) is 2. The van der Waals surface area contributed by atoms with E-state index in [9.17, 15) is 4.79 Å². The van der Waals surface area contributed by atoms with Crippen LogP contribution in [0, 0.1) is 0 Å². The first-order valence-corrected chi connectivity index (χ1v) is 7.31. The van der Waals surface area contributed by atoms with Gasteiger partial charge in [-0.1, -0.05) is 17.7 Å². The molecule has 0 aliphatic carbocycles. The predicted molar refractivity (Wildman–Crippen MR) is 79.9 cm³/mol. The zero-order valence-corrected chi connectivity index (χ0v) is 12.2. The molecule has 0 saturated heterocycles. The van der Waals surface area contributed by atoms with Crippen LogP contribution in [-0.2, 0) is 0 Å². The molecule has 0 aliphatic heterocycles. The highest BCUT2D eigenvalue weighted by atomic mass is 35.5. The van der Waals surface area contributed by atoms with Crippen molar-refractivity contribution in [2.45, 2.75) is 19.9 Å². The molecule has 1 heterocycles. The van der Waals surface area contributed by atoms with Crippen LogP contribution in [0.25, 0.3) is 0 Å². The quantitative estimate of drug-likeness (QED) is 0.619. The second-order valence-electron chi connectivity index (χ2n) is 4.01. The summed E-state index contributed by atoms with van der Waals surface area (Å²) in [4.78, 5) is 11.9. The van der Waals surface area contributed by atoms with Crippen LogP contribution in [-0.4, -0.2) is 27.8 Å². The normalized spacial score (nSPS) is 10.7. The van der Waals surface area contributed by atoms with E-state index in [2.05, 4.69) is 17.0 Å². The van der Waals surface area contributed by atoms with Gasteiger partial charge in [0.05, 0.1) is 17.9 Å². The SMILES string of the molecule is C=CCSCCNc1cnn(C(C)C)c(=O)c1Cl. The first-order valence-electron chi connectivity index (χ1n) is 5.77. The van der Waals surface area contributed by atoms with Crippen molar-refractivity contribution in [3.8, 4) is 0 Å². The van der Waals surface area contributed by atoms with Crippen LogP contribution in [0.3, 0.4) is 0 Å². The number of aromatic nitrogens is 2. The maximum Gasteiger partial charge on any atom is 0.287 e. The van der Waals surface area contributed by atoms with E-state index in [-0.39, 0.29) is 16.6 Å². The Morgan fingerprint density at radius 3 is 3.00 bits per heavy atom. The molecular formula is C12H18ClN3OS. The van der Waals surface area contributed by atoms with Gasteiger partial charge in [0.25, 0.3) is 5.56 Å². The van der Waals surface area contributed by atoms with Gasteiger partial charge in [0.2, 0.25) is 0 Å². The largest absolute Gasteiger partial charge is 0.382 e. The maximum absolute atomic E-state index is 11.9. The maximum atomic E-state index is 11.9. The molecule has 4 nitrogen and oxygen atoms in total. The van der Waals surface area contributed by atoms with E-state index in [1.807, 2.05) is 19.9 Å². The first-order chi connectivity index (χ1) is 8.57. The lowest BCUT2D eigenvalue weighted by Gasteiger charge is -2.12. The number of hydrogen-bond donors (Lipinski definition) is 1. The monoisotopic (exact) mass is 287 g/mol. The minimum Gasteiger partial charge on any atom is -0.382 e. The van der Waals surface area contributed by atoms with Crippen molar-refractivity contribution in [1.82, 2.24) is 9.78 Å². The Balaban J connectivity index is 2.65. The van der Waals surface area contributed by atoms with E-state index >= 15 is 0 Å². The number of rotatable bonds is 7. The molecule has 0 saturated carbocycles. The smallest absolute Gasteiger partial charge is 0.287 e. The van der Waals surface area contributed by atoms with Gasteiger partial charge in [-0.2, -0.15) is 16.9 Å². The van der Waals surface area contributed by atoms with Gasteiger partial charge in [-0.05, 0) is 13.8 Å². The van der Waals surface area contributed by atoms with Gasteiger partial charge in [-0.3, -0.25) is 4.79 Å². The molecule has 0 amide bonds. The Labute approximate surface area is 116 Å². The summed E-state index contributed by atoms with van der Waals surface area (Å²) in [6.07, 6.45) is 3.46. The molecule has 0 bridgehead atoms. The van der Waals surface area contributed by atoms with Crippen LogP contribution >= 0.6 is 23.4 Å². The number of halogens is 1. The molecule has 0 radical (unpaired) electrons. The minimum atomic E-state index is -0.254. The van der Waals surface area contributed by atoms with E-state index in [1.165, 1.54) is 4.68 Å². The molecule has 0 fully saturated rings. The van der Waals surface area contributed by atoms with E-state index in [0.29, 0.717) is 5.69 Å². The Hall–Kier alpha value is -0.940. The molecule has 1 rings (SSSR count). The Morgan fingerprint density at radius 2 is 2.39 bits per heavy atom. The van der Waals surface area contributed by atoms with Crippen molar-refractivity contribution in [2.75, 3.05) is 23.4 Å². The zero-order chi connectivity index (χ0) is 13.5. The molecule has 1 aromatic rings. The van der Waals surface area contributed by atoms with Gasteiger partial charge in [0.1, 0.15) is 5.02 Å². The third-order valence-corrected chi connectivity index (χ3v) is 3.56. The van der Waals surface area contributed by atoms with Crippen LogP contribution in [0.4, 0.5) is 5.69 Å². The predicted octanol–water partition coefficient (Wildman–Crippen LogP) is 2.81. The number of anilines is 1. The molecule has 0 aliphatic rings. The van der Waals surface area contributed by atoms with Crippen LogP contribution in [0.1, 0.15) is 19.9 Å². The summed E-state index contributed by atoms with van der Waals surface area (Å²) in [5, 5.41) is 7.41. The lowest BCUT2D eigenvalue weighted by molar-refractivity contribution is 0.503. The van der Waals surface area contributed by atoms with Crippen molar-refractivity contribution in [2.24, 2.45) is 0 Å². The van der Waals surface area contributed by atoms with E-state index < -0.39 is 0 Å². The van der Waals surface area contributed by atoms with Crippen LogP contribution in [0.15, 0.2) is 23.6 Å². The molecule has 0 atom stereocenters. The summed E-state index contributed by atoms with van der Waals surface area (Å²) >= 11 is 7.79. The van der Waals surface area contributed by atoms with Crippen molar-refractivity contribution in [3.63, 3.8) is 0 Å². The average Bonchev–Trinajstić information content (AvgIpc) is 2.33. The fourth-order valence-corrected chi connectivity index (χ4v) is 2.14. The molecule has 6 heteroatoms. The topological polar surface area (TPSA) is 46.9 Å². The lowest BCUT2D eigenvalue weighted by Crippen LogP contribution is -2.26. The van der Waals surface area contributed by atoms with Gasteiger partial charge >= 0.3 is 0 Å². The highest BCUT2D eigenvalue weighted by Gasteiger charge is 2.10. The summed E-state index contributed by atoms with van der Waals surface area (Å²) in [7, 11) is 0. The second kappa shape index (κ2) is 7.48. The zero-order valence-electron chi connectivity index (χ0n) is 10.6. The van der Waals surface area contributed by atoms with Gasteiger partial charge < -0.3 is 5.32 Å². The third kappa shape index (κ3) is 4.07. The molecule has 100 valence electrons. The number of nitrogens with one attached hydrogen (secondary N) is 1. The van der Waals surface area contributed by atoms with E-state index in [4.69, 9.17) is 11.6 Å². The van der Waals surface area contributed by atoms with E-state index in [1.54, 1.807) is 18.0 Å². The molecule has 0 unspecified atom stereocenters. The summed E-state index contributed by atoms with van der Waals surface area (Å²) in [5.74, 6) is 1.85. The molecule has 1 aromatic heterocycles.